The van der Waals surface area contributed by atoms with Gasteiger partial charge >= 0.3 is 6.03 Å². The molecule has 7 nitrogen and oxygen atoms in total. The van der Waals surface area contributed by atoms with E-state index in [1.54, 1.807) is 43.3 Å². The van der Waals surface area contributed by atoms with Gasteiger partial charge in [0.2, 0.25) is 11.8 Å². The quantitative estimate of drug-likeness (QED) is 0.423. The molecule has 1 aliphatic carbocycles. The number of hydrogen-bond acceptors (Lipinski definition) is 3. The third kappa shape index (κ3) is 6.82. The molecular weight excluding hydrogens is 495 g/mol. The molecular formula is C31H35FN4O3. The Morgan fingerprint density at radius 3 is 2.18 bits per heavy atom. The molecule has 0 aromatic heterocycles. The fourth-order valence-electron chi connectivity index (χ4n) is 5.24. The van der Waals surface area contributed by atoms with E-state index in [4.69, 9.17) is 5.73 Å². The van der Waals surface area contributed by atoms with Crippen LogP contribution >= 0.6 is 0 Å². The SMILES string of the molecule is CN(C)C(=O)N(Cc1ccc(C2CCCCC2C(=O)NC(C(N)=O)c2ccccc2)cc1)c1ccc(F)cc1. The van der Waals surface area contributed by atoms with Gasteiger partial charge in [-0.25, -0.2) is 9.18 Å². The van der Waals surface area contributed by atoms with Gasteiger partial charge < -0.3 is 16.0 Å². The van der Waals surface area contributed by atoms with Crippen LogP contribution in [-0.2, 0) is 16.1 Å². The Labute approximate surface area is 228 Å². The van der Waals surface area contributed by atoms with Gasteiger partial charge in [0, 0.05) is 25.7 Å². The number of benzene rings is 3. The predicted octanol–water partition coefficient (Wildman–Crippen LogP) is 5.13. The number of anilines is 1. The van der Waals surface area contributed by atoms with Gasteiger partial charge in [0.05, 0.1) is 6.54 Å². The van der Waals surface area contributed by atoms with Crippen molar-refractivity contribution in [3.05, 3.63) is 101 Å². The smallest absolute Gasteiger partial charge is 0.324 e. The normalized spacial score (nSPS) is 17.6. The van der Waals surface area contributed by atoms with E-state index in [2.05, 4.69) is 5.32 Å². The maximum atomic E-state index is 13.5. The lowest BCUT2D eigenvalue weighted by atomic mass is 9.74. The van der Waals surface area contributed by atoms with Gasteiger partial charge in [0.1, 0.15) is 11.9 Å². The third-order valence-corrected chi connectivity index (χ3v) is 7.31. The molecule has 0 heterocycles. The first-order valence-corrected chi connectivity index (χ1v) is 13.2. The minimum Gasteiger partial charge on any atom is -0.368 e. The van der Waals surface area contributed by atoms with Crippen LogP contribution in [0.15, 0.2) is 78.9 Å². The summed E-state index contributed by atoms with van der Waals surface area (Å²) in [6.07, 6.45) is 3.56. The second-order valence-electron chi connectivity index (χ2n) is 10.2. The number of primary amides is 1. The maximum Gasteiger partial charge on any atom is 0.324 e. The van der Waals surface area contributed by atoms with Gasteiger partial charge in [0.15, 0.2) is 0 Å². The summed E-state index contributed by atoms with van der Waals surface area (Å²) < 4.78 is 13.5. The first-order valence-electron chi connectivity index (χ1n) is 13.2. The molecule has 8 heteroatoms. The Morgan fingerprint density at radius 1 is 0.923 bits per heavy atom. The number of halogens is 1. The zero-order valence-corrected chi connectivity index (χ0v) is 22.3. The minimum absolute atomic E-state index is 0.00806. The predicted molar refractivity (Wildman–Crippen MR) is 149 cm³/mol. The second-order valence-corrected chi connectivity index (χ2v) is 10.2. The number of nitrogens with two attached hydrogens (primary N) is 1. The number of rotatable bonds is 8. The topological polar surface area (TPSA) is 95.7 Å². The van der Waals surface area contributed by atoms with E-state index >= 15 is 0 Å². The van der Waals surface area contributed by atoms with Crippen molar-refractivity contribution < 1.29 is 18.8 Å². The van der Waals surface area contributed by atoms with E-state index in [1.807, 2.05) is 42.5 Å². The van der Waals surface area contributed by atoms with Crippen molar-refractivity contribution in [2.45, 2.75) is 44.2 Å². The summed E-state index contributed by atoms with van der Waals surface area (Å²) in [5.41, 5.74) is 8.85. The summed E-state index contributed by atoms with van der Waals surface area (Å²) in [6.45, 7) is 0.314. The average Bonchev–Trinajstić information content (AvgIpc) is 2.95. The van der Waals surface area contributed by atoms with Crippen LogP contribution in [0.1, 0.15) is 54.3 Å². The molecule has 3 atom stereocenters. The summed E-state index contributed by atoms with van der Waals surface area (Å²) in [4.78, 5) is 41.5. The summed E-state index contributed by atoms with van der Waals surface area (Å²) >= 11 is 0. The Balaban J connectivity index is 1.51. The molecule has 0 saturated heterocycles. The van der Waals surface area contributed by atoms with Crippen LogP contribution < -0.4 is 16.0 Å². The molecule has 1 aliphatic rings. The molecule has 3 unspecified atom stereocenters. The van der Waals surface area contributed by atoms with Crippen LogP contribution in [-0.4, -0.2) is 36.8 Å². The molecule has 3 N–H and O–H groups in total. The van der Waals surface area contributed by atoms with E-state index in [0.717, 1.165) is 36.8 Å². The van der Waals surface area contributed by atoms with Crippen molar-refractivity contribution in [2.24, 2.45) is 11.7 Å². The zero-order valence-electron chi connectivity index (χ0n) is 22.3. The molecule has 3 aromatic carbocycles. The minimum atomic E-state index is -0.879. The molecule has 1 saturated carbocycles. The van der Waals surface area contributed by atoms with Crippen LogP contribution in [0.2, 0.25) is 0 Å². The monoisotopic (exact) mass is 530 g/mol. The number of urea groups is 1. The van der Waals surface area contributed by atoms with Crippen LogP contribution in [0.3, 0.4) is 0 Å². The van der Waals surface area contributed by atoms with Crippen molar-refractivity contribution in [2.75, 3.05) is 19.0 Å². The Hall–Kier alpha value is -4.20. The molecule has 1 fully saturated rings. The van der Waals surface area contributed by atoms with Gasteiger partial charge in [-0.3, -0.25) is 14.5 Å². The molecule has 4 rings (SSSR count). The molecule has 0 spiro atoms. The first kappa shape index (κ1) is 27.8. The highest BCUT2D eigenvalue weighted by Crippen LogP contribution is 2.38. The highest BCUT2D eigenvalue weighted by atomic mass is 19.1. The maximum absolute atomic E-state index is 13.5. The molecule has 39 heavy (non-hydrogen) atoms. The van der Waals surface area contributed by atoms with Gasteiger partial charge in [-0.15, -0.1) is 0 Å². The van der Waals surface area contributed by atoms with E-state index < -0.39 is 11.9 Å². The fourth-order valence-corrected chi connectivity index (χ4v) is 5.24. The highest BCUT2D eigenvalue weighted by molar-refractivity contribution is 5.91. The van der Waals surface area contributed by atoms with Crippen molar-refractivity contribution in [3.63, 3.8) is 0 Å². The summed E-state index contributed by atoms with van der Waals surface area (Å²) in [6, 6.07) is 21.7. The lowest BCUT2D eigenvalue weighted by molar-refractivity contribution is -0.131. The average molecular weight is 531 g/mol. The summed E-state index contributed by atoms with van der Waals surface area (Å²) in [5, 5.41) is 2.90. The Kier molecular flexibility index (Phi) is 8.96. The van der Waals surface area contributed by atoms with E-state index in [9.17, 15) is 18.8 Å². The molecule has 4 amide bonds. The van der Waals surface area contributed by atoms with Crippen LogP contribution in [0.25, 0.3) is 0 Å². The number of hydrogen-bond donors (Lipinski definition) is 2. The van der Waals surface area contributed by atoms with Crippen molar-refractivity contribution in [1.82, 2.24) is 10.2 Å². The molecule has 0 bridgehead atoms. The van der Waals surface area contributed by atoms with Gasteiger partial charge in [-0.1, -0.05) is 67.4 Å². The second kappa shape index (κ2) is 12.6. The van der Waals surface area contributed by atoms with Crippen molar-refractivity contribution >= 4 is 23.5 Å². The van der Waals surface area contributed by atoms with Crippen LogP contribution in [0.5, 0.6) is 0 Å². The third-order valence-electron chi connectivity index (χ3n) is 7.31. The van der Waals surface area contributed by atoms with E-state index in [-0.39, 0.29) is 29.6 Å². The largest absolute Gasteiger partial charge is 0.368 e. The van der Waals surface area contributed by atoms with Gasteiger partial charge in [-0.05, 0) is 59.7 Å². The van der Waals surface area contributed by atoms with Gasteiger partial charge in [-0.2, -0.15) is 0 Å². The lowest BCUT2D eigenvalue weighted by Crippen LogP contribution is -2.42. The Bertz CT molecular complexity index is 1280. The number of nitrogens with zero attached hydrogens (tertiary/aromatic N) is 2. The standard InChI is InChI=1S/C31H35FN4O3/c1-35(2)31(39)36(25-18-16-24(32)17-19-25)20-21-12-14-22(15-13-21)26-10-6-7-11-27(26)30(38)34-28(29(33)37)23-8-4-3-5-9-23/h3-5,8-9,12-19,26-28H,6-7,10-11,20H2,1-2H3,(H2,33,37)(H,34,38). The van der Waals surface area contributed by atoms with E-state index in [1.165, 1.54) is 17.0 Å². The van der Waals surface area contributed by atoms with Crippen LogP contribution in [0.4, 0.5) is 14.9 Å². The van der Waals surface area contributed by atoms with Crippen molar-refractivity contribution in [1.29, 1.82) is 0 Å². The van der Waals surface area contributed by atoms with Gasteiger partial charge in [0.25, 0.3) is 0 Å². The van der Waals surface area contributed by atoms with Crippen LogP contribution in [0, 0.1) is 11.7 Å². The summed E-state index contributed by atoms with van der Waals surface area (Å²) in [5.74, 6) is -1.40. The molecule has 3 aromatic rings. The van der Waals surface area contributed by atoms with Crippen molar-refractivity contribution in [3.8, 4) is 0 Å². The highest BCUT2D eigenvalue weighted by Gasteiger charge is 2.34. The van der Waals surface area contributed by atoms with E-state index in [0.29, 0.717) is 17.8 Å². The number of carbonyl (C=O) groups is 3. The lowest BCUT2D eigenvalue weighted by Gasteiger charge is -2.32. The first-order chi connectivity index (χ1) is 18.7. The fraction of sp³-hybridized carbons (Fsp3) is 0.323. The Morgan fingerprint density at radius 2 is 1.56 bits per heavy atom. The summed E-state index contributed by atoms with van der Waals surface area (Å²) in [7, 11) is 3.35. The number of nitrogens with one attached hydrogen (secondary N) is 1. The number of carbonyl (C=O) groups excluding carboxylic acids is 3. The molecule has 204 valence electrons. The molecule has 0 radical (unpaired) electrons. The number of amides is 4. The molecule has 0 aliphatic heterocycles. The zero-order chi connectivity index (χ0) is 27.9.